The smallest absolute Gasteiger partial charge is 0.242 e. The van der Waals surface area contributed by atoms with E-state index in [1.54, 1.807) is 14.2 Å². The molecular weight excluding hydrogens is 725 g/mol. The Morgan fingerprint density at radius 1 is 0.603 bits per heavy atom. The van der Waals surface area contributed by atoms with Crippen LogP contribution < -0.4 is 18.9 Å². The highest BCUT2D eigenvalue weighted by Gasteiger charge is 2.46. The summed E-state index contributed by atoms with van der Waals surface area (Å²) in [6, 6.07) is 25.1. The van der Waals surface area contributed by atoms with E-state index >= 15 is 0 Å². The largest absolute Gasteiger partial charge is 0.497 e. The number of nitrogens with zero attached hydrogens (tertiary/aromatic N) is 6. The third kappa shape index (κ3) is 6.58. The topological polar surface area (TPSA) is 95.0 Å². The molecule has 12 rings (SSSR count). The Balaban J connectivity index is 1.06. The minimum atomic E-state index is -0.300. The van der Waals surface area contributed by atoms with Crippen LogP contribution in [0, 0.1) is 23.7 Å². The molecule has 10 nitrogen and oxygen atoms in total. The van der Waals surface area contributed by atoms with Crippen molar-refractivity contribution in [3.8, 4) is 23.3 Å². The van der Waals surface area contributed by atoms with Crippen molar-refractivity contribution < 1.29 is 18.9 Å². The van der Waals surface area contributed by atoms with E-state index in [9.17, 15) is 0 Å². The Morgan fingerprint density at radius 2 is 1.07 bits per heavy atom. The van der Waals surface area contributed by atoms with Crippen molar-refractivity contribution in [2.45, 2.75) is 76.7 Å². The standard InChI is InChI=1S/C48H54N6O4/c1-5-29-27-53-21-17-31(29)23-43(53)45(35-15-19-49-41-13-11-33(55-3)25-39(35)41)57-47-37-9-7-8-10-38(37)48(52-51-47)58-46(44-24-32-18-22-54(44)28-30(32)6-2)36-16-20-50-42-14-12-34(56-4)26-40(36)42/h7-16,19-20,25-26,29-32,43-46H,5-6,17-18,21-24,27-28H2,1-4H3. The highest BCUT2D eigenvalue weighted by Crippen LogP contribution is 2.47. The van der Waals surface area contributed by atoms with E-state index in [0.29, 0.717) is 35.4 Å². The molecule has 58 heavy (non-hydrogen) atoms. The van der Waals surface area contributed by atoms with E-state index < -0.39 is 0 Å². The van der Waals surface area contributed by atoms with E-state index in [1.807, 2.05) is 36.7 Å². The second kappa shape index (κ2) is 15.6. The first-order valence-corrected chi connectivity index (χ1v) is 21.5. The van der Waals surface area contributed by atoms with Gasteiger partial charge in [0, 0.05) is 47.4 Å². The number of hydrogen-bond acceptors (Lipinski definition) is 10. The summed E-state index contributed by atoms with van der Waals surface area (Å²) in [6.07, 6.45) is 10.2. The van der Waals surface area contributed by atoms with Crippen LogP contribution in [0.2, 0.25) is 0 Å². The zero-order valence-electron chi connectivity index (χ0n) is 34.1. The van der Waals surface area contributed by atoms with E-state index in [0.717, 1.165) is 94.2 Å². The molecule has 6 aromatic rings. The quantitative estimate of drug-likeness (QED) is 0.120. The number of methoxy groups -OCH3 is 2. The van der Waals surface area contributed by atoms with Crippen molar-refractivity contribution in [2.75, 3.05) is 40.4 Å². The molecule has 0 radical (unpaired) electrons. The summed E-state index contributed by atoms with van der Waals surface area (Å²) in [5.74, 6) is 5.39. The molecule has 6 saturated heterocycles. The van der Waals surface area contributed by atoms with Crippen LogP contribution in [-0.4, -0.2) is 82.4 Å². The molecule has 300 valence electrons. The lowest BCUT2D eigenvalue weighted by Crippen LogP contribution is -2.56. The number of piperidine rings is 6. The van der Waals surface area contributed by atoms with Gasteiger partial charge in [-0.1, -0.05) is 38.8 Å². The first-order valence-electron chi connectivity index (χ1n) is 21.5. The van der Waals surface area contributed by atoms with Gasteiger partial charge in [-0.2, -0.15) is 0 Å². The van der Waals surface area contributed by atoms with Crippen LogP contribution in [-0.2, 0) is 0 Å². The molecule has 10 atom stereocenters. The summed E-state index contributed by atoms with van der Waals surface area (Å²) in [5.41, 5.74) is 4.01. The molecule has 6 aliphatic rings. The van der Waals surface area contributed by atoms with E-state index in [4.69, 9.17) is 39.1 Å². The SMILES string of the molecule is CCC1CN2CCC1CC2C(Oc1nnc(OC(c2ccnc3ccc(OC)cc23)C2CC3CCN2CC3CC)c2ccccc12)c1ccnc2ccc(OC)cc12. The fourth-order valence-corrected chi connectivity index (χ4v) is 11.1. The molecular formula is C48H54N6O4. The Morgan fingerprint density at radius 3 is 1.47 bits per heavy atom. The highest BCUT2D eigenvalue weighted by molar-refractivity contribution is 5.91. The van der Waals surface area contributed by atoms with Crippen LogP contribution in [0.5, 0.6) is 23.3 Å². The predicted octanol–water partition coefficient (Wildman–Crippen LogP) is 9.22. The number of aromatic nitrogens is 4. The average molecular weight is 779 g/mol. The summed E-state index contributed by atoms with van der Waals surface area (Å²) in [4.78, 5) is 14.8. The fourth-order valence-electron chi connectivity index (χ4n) is 11.1. The van der Waals surface area contributed by atoms with Gasteiger partial charge < -0.3 is 18.9 Å². The number of rotatable bonds is 12. The molecule has 0 N–H and O–H groups in total. The van der Waals surface area contributed by atoms with Crippen molar-refractivity contribution in [3.05, 3.63) is 96.3 Å². The molecule has 10 heteroatoms. The number of hydrogen-bond donors (Lipinski definition) is 0. The number of ether oxygens (including phenoxy) is 4. The number of pyridine rings is 2. The average Bonchev–Trinajstić information content (AvgIpc) is 3.29. The van der Waals surface area contributed by atoms with Gasteiger partial charge in [0.25, 0.3) is 0 Å². The Hall–Kier alpha value is -5.06. The van der Waals surface area contributed by atoms with E-state index in [2.05, 4.69) is 72.2 Å². The van der Waals surface area contributed by atoms with Crippen molar-refractivity contribution in [1.82, 2.24) is 30.0 Å². The van der Waals surface area contributed by atoms with Crippen molar-refractivity contribution in [3.63, 3.8) is 0 Å². The molecule has 0 amide bonds. The van der Waals surface area contributed by atoms with E-state index in [1.165, 1.54) is 25.7 Å². The maximum atomic E-state index is 7.30. The molecule has 9 heterocycles. The van der Waals surface area contributed by atoms with Crippen LogP contribution >= 0.6 is 0 Å². The van der Waals surface area contributed by atoms with Gasteiger partial charge in [-0.15, -0.1) is 10.2 Å². The van der Waals surface area contributed by atoms with Crippen LogP contribution in [0.15, 0.2) is 85.2 Å². The molecule has 0 spiro atoms. The third-order valence-corrected chi connectivity index (χ3v) is 14.3. The summed E-state index contributed by atoms with van der Waals surface area (Å²) in [7, 11) is 3.42. The Bertz CT molecular complexity index is 2280. The highest BCUT2D eigenvalue weighted by atomic mass is 16.5. The first-order chi connectivity index (χ1) is 28.5. The number of benzene rings is 3. The lowest BCUT2D eigenvalue weighted by atomic mass is 9.72. The first kappa shape index (κ1) is 37.2. The number of fused-ring (bicyclic) bond motifs is 9. The van der Waals surface area contributed by atoms with Gasteiger partial charge >= 0.3 is 0 Å². The second-order valence-electron chi connectivity index (χ2n) is 17.0. The minimum Gasteiger partial charge on any atom is -0.497 e. The van der Waals surface area contributed by atoms with Gasteiger partial charge in [-0.05, 0) is 123 Å². The maximum Gasteiger partial charge on any atom is 0.242 e. The molecule has 6 aliphatic heterocycles. The Kier molecular flexibility index (Phi) is 10.0. The summed E-state index contributed by atoms with van der Waals surface area (Å²) >= 11 is 0. The summed E-state index contributed by atoms with van der Waals surface area (Å²) < 4.78 is 26.0. The van der Waals surface area contributed by atoms with Gasteiger partial charge in [-0.25, -0.2) is 0 Å². The molecule has 3 aromatic carbocycles. The summed E-state index contributed by atoms with van der Waals surface area (Å²) in [6.45, 7) is 9.00. The van der Waals surface area contributed by atoms with Crippen molar-refractivity contribution in [1.29, 1.82) is 0 Å². The van der Waals surface area contributed by atoms with Crippen LogP contribution in [0.4, 0.5) is 0 Å². The molecule has 6 fully saturated rings. The summed E-state index contributed by atoms with van der Waals surface area (Å²) in [5, 5.41) is 13.7. The third-order valence-electron chi connectivity index (χ3n) is 14.3. The lowest BCUT2D eigenvalue weighted by Gasteiger charge is -2.52. The van der Waals surface area contributed by atoms with E-state index in [-0.39, 0.29) is 24.3 Å². The molecule has 0 saturated carbocycles. The predicted molar refractivity (Wildman–Crippen MR) is 227 cm³/mol. The molecule has 10 unspecified atom stereocenters. The van der Waals surface area contributed by atoms with Crippen LogP contribution in [0.3, 0.4) is 0 Å². The van der Waals surface area contributed by atoms with Crippen molar-refractivity contribution in [2.24, 2.45) is 23.7 Å². The monoisotopic (exact) mass is 778 g/mol. The molecule has 3 aromatic heterocycles. The van der Waals surface area contributed by atoms with Crippen molar-refractivity contribution >= 4 is 32.6 Å². The zero-order chi connectivity index (χ0) is 39.3. The van der Waals surface area contributed by atoms with Gasteiger partial charge in [0.05, 0.1) is 48.1 Å². The van der Waals surface area contributed by atoms with Gasteiger partial charge in [-0.3, -0.25) is 19.8 Å². The molecule has 0 aliphatic carbocycles. The van der Waals surface area contributed by atoms with Crippen LogP contribution in [0.1, 0.15) is 75.7 Å². The van der Waals surface area contributed by atoms with Crippen LogP contribution in [0.25, 0.3) is 32.6 Å². The second-order valence-corrected chi connectivity index (χ2v) is 17.0. The van der Waals surface area contributed by atoms with Gasteiger partial charge in [0.1, 0.15) is 23.7 Å². The lowest BCUT2D eigenvalue weighted by molar-refractivity contribution is -0.0505. The minimum absolute atomic E-state index is 0.180. The molecule has 4 bridgehead atoms. The maximum absolute atomic E-state index is 7.30. The Labute approximate surface area is 340 Å². The zero-order valence-corrected chi connectivity index (χ0v) is 34.1. The fraction of sp³-hybridized carbons (Fsp3) is 0.458. The van der Waals surface area contributed by atoms with Gasteiger partial charge in [0.2, 0.25) is 11.8 Å². The van der Waals surface area contributed by atoms with Gasteiger partial charge in [0.15, 0.2) is 0 Å². The normalized spacial score (nSPS) is 27.4.